The van der Waals surface area contributed by atoms with Crippen molar-refractivity contribution < 1.29 is 17.6 Å². The number of hydrogen-bond donors (Lipinski definition) is 1. The molecular formula is C22H26FN5O3S. The van der Waals surface area contributed by atoms with Gasteiger partial charge in [-0.05, 0) is 36.8 Å². The van der Waals surface area contributed by atoms with Gasteiger partial charge >= 0.3 is 0 Å². The lowest BCUT2D eigenvalue weighted by molar-refractivity contribution is -0.133. The Morgan fingerprint density at radius 1 is 1.19 bits per heavy atom. The van der Waals surface area contributed by atoms with Crippen LogP contribution in [0.15, 0.2) is 53.7 Å². The number of likely N-dealkylation sites (N-methyl/N-ethyl adjacent to an activating group) is 1. The molecule has 32 heavy (non-hydrogen) atoms. The number of aromatic nitrogens is 2. The fourth-order valence-corrected chi connectivity index (χ4v) is 5.51. The summed E-state index contributed by atoms with van der Waals surface area (Å²) in [5.41, 5.74) is 1.28. The van der Waals surface area contributed by atoms with E-state index in [1.807, 2.05) is 11.8 Å². The van der Waals surface area contributed by atoms with Gasteiger partial charge in [-0.25, -0.2) is 17.8 Å². The second kappa shape index (κ2) is 9.35. The van der Waals surface area contributed by atoms with Crippen molar-refractivity contribution in [1.29, 1.82) is 0 Å². The van der Waals surface area contributed by atoms with E-state index in [1.165, 1.54) is 22.6 Å². The van der Waals surface area contributed by atoms with Crippen LogP contribution in [0, 0.1) is 5.82 Å². The first kappa shape index (κ1) is 22.4. The van der Waals surface area contributed by atoms with Crippen LogP contribution in [0.4, 0.5) is 4.39 Å². The fraction of sp³-hybridized carbons (Fsp3) is 0.364. The topological polar surface area (TPSA) is 89.6 Å². The van der Waals surface area contributed by atoms with Crippen molar-refractivity contribution in [2.24, 2.45) is 0 Å². The van der Waals surface area contributed by atoms with Crippen molar-refractivity contribution in [3.63, 3.8) is 0 Å². The molecule has 4 rings (SSSR count). The highest BCUT2D eigenvalue weighted by atomic mass is 32.2. The third-order valence-electron chi connectivity index (χ3n) is 5.72. The van der Waals surface area contributed by atoms with Crippen LogP contribution in [0.25, 0.3) is 11.0 Å². The second-order valence-corrected chi connectivity index (χ2v) is 9.68. The number of halogens is 1. The summed E-state index contributed by atoms with van der Waals surface area (Å²) in [7, 11) is -3.66. The van der Waals surface area contributed by atoms with Crippen molar-refractivity contribution in [2.75, 3.05) is 39.3 Å². The Morgan fingerprint density at radius 3 is 2.69 bits per heavy atom. The predicted molar refractivity (Wildman–Crippen MR) is 119 cm³/mol. The summed E-state index contributed by atoms with van der Waals surface area (Å²) in [6.07, 6.45) is 3.09. The lowest BCUT2D eigenvalue weighted by Gasteiger charge is -2.34. The van der Waals surface area contributed by atoms with Crippen molar-refractivity contribution in [3.05, 3.63) is 60.2 Å². The number of rotatable bonds is 7. The van der Waals surface area contributed by atoms with E-state index in [0.717, 1.165) is 5.56 Å². The molecule has 1 amide bonds. The number of hydrogen-bond acceptors (Lipinski definition) is 5. The number of benzene rings is 1. The maximum atomic E-state index is 13.4. The lowest BCUT2D eigenvalue weighted by atomic mass is 10.2. The molecule has 0 aliphatic carbocycles. The minimum Gasteiger partial charge on any atom is -0.345 e. The van der Waals surface area contributed by atoms with Crippen LogP contribution in [0.3, 0.4) is 0 Å². The van der Waals surface area contributed by atoms with Crippen LogP contribution in [-0.4, -0.2) is 77.7 Å². The summed E-state index contributed by atoms with van der Waals surface area (Å²) in [5, 5.41) is 0.570. The molecule has 1 fully saturated rings. The SMILES string of the molecule is CCN(Cc1cccc(F)c1)C(=O)CN1CCN(S(=O)(=O)c2c[nH]c3ncccc23)CC1. The van der Waals surface area contributed by atoms with Gasteiger partial charge in [0, 0.05) is 57.0 Å². The van der Waals surface area contributed by atoms with Crippen molar-refractivity contribution in [1.82, 2.24) is 24.1 Å². The fourth-order valence-electron chi connectivity index (χ4n) is 3.93. The number of carbonyl (C=O) groups is 1. The molecule has 1 aliphatic heterocycles. The standard InChI is InChI=1S/C22H26FN5O3S/c1-2-27(15-17-5-3-6-18(23)13-17)21(29)16-26-9-11-28(12-10-26)32(30,31)20-14-25-22-19(20)7-4-8-24-22/h3-8,13-14H,2,9-12,15-16H2,1H3,(H,24,25). The molecular weight excluding hydrogens is 433 g/mol. The Bertz CT molecular complexity index is 1210. The lowest BCUT2D eigenvalue weighted by Crippen LogP contribution is -2.51. The highest BCUT2D eigenvalue weighted by Crippen LogP contribution is 2.25. The number of piperazine rings is 1. The summed E-state index contributed by atoms with van der Waals surface area (Å²) in [4.78, 5) is 23.7. The van der Waals surface area contributed by atoms with E-state index in [1.54, 1.807) is 35.4 Å². The zero-order valence-electron chi connectivity index (χ0n) is 17.9. The van der Waals surface area contributed by atoms with Gasteiger partial charge in [-0.3, -0.25) is 9.69 Å². The number of fused-ring (bicyclic) bond motifs is 1. The van der Waals surface area contributed by atoms with E-state index in [4.69, 9.17) is 0 Å². The van der Waals surface area contributed by atoms with Crippen molar-refractivity contribution in [3.8, 4) is 0 Å². The van der Waals surface area contributed by atoms with Gasteiger partial charge in [0.15, 0.2) is 0 Å². The summed E-state index contributed by atoms with van der Waals surface area (Å²) in [6.45, 7) is 4.48. The molecule has 1 aromatic carbocycles. The first-order valence-electron chi connectivity index (χ1n) is 10.6. The highest BCUT2D eigenvalue weighted by molar-refractivity contribution is 7.89. The molecule has 0 saturated carbocycles. The largest absolute Gasteiger partial charge is 0.345 e. The molecule has 0 radical (unpaired) electrons. The maximum Gasteiger partial charge on any atom is 0.245 e. The molecule has 170 valence electrons. The van der Waals surface area contributed by atoms with Gasteiger partial charge in [-0.15, -0.1) is 0 Å². The van der Waals surface area contributed by atoms with Crippen LogP contribution in [-0.2, 0) is 21.4 Å². The number of nitrogens with one attached hydrogen (secondary N) is 1. The zero-order valence-corrected chi connectivity index (χ0v) is 18.7. The number of sulfonamides is 1. The molecule has 2 aromatic heterocycles. The number of amides is 1. The number of nitrogens with zero attached hydrogens (tertiary/aromatic N) is 4. The molecule has 3 aromatic rings. The number of carbonyl (C=O) groups excluding carboxylic acids is 1. The highest BCUT2D eigenvalue weighted by Gasteiger charge is 2.31. The monoisotopic (exact) mass is 459 g/mol. The zero-order chi connectivity index (χ0) is 22.7. The van der Waals surface area contributed by atoms with Crippen LogP contribution in [0.1, 0.15) is 12.5 Å². The van der Waals surface area contributed by atoms with Crippen LogP contribution < -0.4 is 0 Å². The number of aromatic amines is 1. The van der Waals surface area contributed by atoms with E-state index in [9.17, 15) is 17.6 Å². The average Bonchev–Trinajstić information content (AvgIpc) is 3.23. The van der Waals surface area contributed by atoms with Crippen LogP contribution in [0.5, 0.6) is 0 Å². The average molecular weight is 460 g/mol. The van der Waals surface area contributed by atoms with E-state index >= 15 is 0 Å². The van der Waals surface area contributed by atoms with E-state index in [-0.39, 0.29) is 23.2 Å². The quantitative estimate of drug-likeness (QED) is 0.584. The summed E-state index contributed by atoms with van der Waals surface area (Å²) < 4.78 is 41.2. The smallest absolute Gasteiger partial charge is 0.245 e. The predicted octanol–water partition coefficient (Wildman–Crippen LogP) is 2.06. The Kier molecular flexibility index (Phi) is 6.54. The maximum absolute atomic E-state index is 13.4. The third kappa shape index (κ3) is 4.67. The van der Waals surface area contributed by atoms with Gasteiger partial charge in [0.2, 0.25) is 15.9 Å². The molecule has 0 bridgehead atoms. The summed E-state index contributed by atoms with van der Waals surface area (Å²) in [5.74, 6) is -0.384. The molecule has 0 unspecified atom stereocenters. The molecule has 1 saturated heterocycles. The van der Waals surface area contributed by atoms with Crippen molar-refractivity contribution in [2.45, 2.75) is 18.4 Å². The van der Waals surface area contributed by atoms with Gasteiger partial charge < -0.3 is 9.88 Å². The first-order valence-corrected chi connectivity index (χ1v) is 12.0. The molecule has 1 N–H and O–H groups in total. The van der Waals surface area contributed by atoms with Gasteiger partial charge in [0.05, 0.1) is 6.54 Å². The number of H-pyrrole nitrogens is 1. The number of pyridine rings is 1. The van der Waals surface area contributed by atoms with E-state index in [0.29, 0.717) is 50.3 Å². The second-order valence-electron chi connectivity index (χ2n) is 7.77. The molecule has 0 spiro atoms. The molecule has 10 heteroatoms. The normalized spacial score (nSPS) is 15.8. The van der Waals surface area contributed by atoms with Crippen LogP contribution in [0.2, 0.25) is 0 Å². The van der Waals surface area contributed by atoms with E-state index in [2.05, 4.69) is 9.97 Å². The summed E-state index contributed by atoms with van der Waals surface area (Å²) in [6, 6.07) is 9.68. The van der Waals surface area contributed by atoms with Gasteiger partial charge in [-0.2, -0.15) is 4.31 Å². The van der Waals surface area contributed by atoms with Gasteiger partial charge in [-0.1, -0.05) is 12.1 Å². The Hall–Kier alpha value is -2.82. The third-order valence-corrected chi connectivity index (χ3v) is 7.66. The van der Waals surface area contributed by atoms with Gasteiger partial charge in [0.1, 0.15) is 16.4 Å². The minimum atomic E-state index is -3.66. The van der Waals surface area contributed by atoms with Crippen molar-refractivity contribution >= 4 is 27.0 Å². The molecule has 1 aliphatic rings. The Labute approximate surface area is 186 Å². The Balaban J connectivity index is 1.36. The first-order chi connectivity index (χ1) is 15.4. The van der Waals surface area contributed by atoms with Crippen LogP contribution >= 0.6 is 0 Å². The summed E-state index contributed by atoms with van der Waals surface area (Å²) >= 11 is 0. The van der Waals surface area contributed by atoms with Gasteiger partial charge in [0.25, 0.3) is 0 Å². The minimum absolute atomic E-state index is 0.0595. The molecule has 0 atom stereocenters. The Morgan fingerprint density at radius 2 is 1.97 bits per heavy atom. The van der Waals surface area contributed by atoms with E-state index < -0.39 is 10.0 Å². The molecule has 8 nitrogen and oxygen atoms in total. The molecule has 3 heterocycles.